The molecule has 706 valence electrons. The first-order valence-corrected chi connectivity index (χ1v) is 51.2. The first-order chi connectivity index (χ1) is 74.3. The SMILES string of the molecule is CCc1nc2ccccc2n1-c1ccc(-c2c3ccccc3c(-c3ccc(-c4ccccc4)cc3)c3ccccc23)cc1.c1ccc(-c2cc(-c3cc(-n4c5ccccc5c5ccccc54)cc(-n4c5ccccc5c5ccccc54)c3)nc(-c3ccccc3)n2)cc1.c1ccc(-c2ccc(-c3ccc(N(c4ccc(-c5cccc6c5oc5ccccc56)cc4)c4ccc(-c5cccc6c5oc5ccccc56)cc4)cc3)cc2)cc1. The van der Waals surface area contributed by atoms with E-state index in [0.717, 1.165) is 174 Å². The van der Waals surface area contributed by atoms with Gasteiger partial charge in [-0.15, -0.1) is 0 Å². The van der Waals surface area contributed by atoms with E-state index in [-0.39, 0.29) is 0 Å². The zero-order valence-corrected chi connectivity index (χ0v) is 82.1. The van der Waals surface area contributed by atoms with Crippen molar-refractivity contribution in [3.63, 3.8) is 0 Å². The summed E-state index contributed by atoms with van der Waals surface area (Å²) < 4.78 is 19.9. The van der Waals surface area contributed by atoms with Crippen LogP contribution in [0, 0.1) is 0 Å². The summed E-state index contributed by atoms with van der Waals surface area (Å²) >= 11 is 0. The molecule has 0 aliphatic heterocycles. The fourth-order valence-corrected chi connectivity index (χ4v) is 22.3. The van der Waals surface area contributed by atoms with Gasteiger partial charge in [-0.3, -0.25) is 4.57 Å². The number of imidazole rings is 1. The fraction of sp³-hybridized carbons (Fsp3) is 0.0142. The third kappa shape index (κ3) is 16.2. The first kappa shape index (κ1) is 89.0. The molecule has 0 N–H and O–H groups in total. The molecule has 6 aromatic heterocycles. The van der Waals surface area contributed by atoms with Crippen molar-refractivity contribution in [1.82, 2.24) is 28.7 Å². The quantitative estimate of drug-likeness (QED) is 0.0845. The van der Waals surface area contributed by atoms with Crippen molar-refractivity contribution >= 4 is 137 Å². The third-order valence-electron chi connectivity index (χ3n) is 29.4. The molecule has 150 heavy (non-hydrogen) atoms. The molecule has 0 unspecified atom stereocenters. The molecule has 0 bridgehead atoms. The molecule has 0 spiro atoms. The highest BCUT2D eigenvalue weighted by molar-refractivity contribution is 6.22. The number of aromatic nitrogens is 6. The van der Waals surface area contributed by atoms with E-state index in [1.54, 1.807) is 0 Å². The molecule has 0 amide bonds. The molecule has 0 fully saturated rings. The molecule has 9 nitrogen and oxygen atoms in total. The Bertz CT molecular complexity index is 9630. The number of nitrogens with zero attached hydrogens (tertiary/aromatic N) is 7. The van der Waals surface area contributed by atoms with Gasteiger partial charge in [-0.2, -0.15) is 0 Å². The van der Waals surface area contributed by atoms with Crippen LogP contribution in [0.4, 0.5) is 17.1 Å². The van der Waals surface area contributed by atoms with Crippen LogP contribution in [-0.4, -0.2) is 28.7 Å². The Kier molecular flexibility index (Phi) is 22.8. The van der Waals surface area contributed by atoms with Crippen LogP contribution in [0.15, 0.2) is 555 Å². The maximum Gasteiger partial charge on any atom is 0.160 e. The van der Waals surface area contributed by atoms with Gasteiger partial charge in [0, 0.05) is 111 Å². The number of aryl methyl sites for hydroxylation is 1. The smallest absolute Gasteiger partial charge is 0.160 e. The maximum absolute atomic E-state index is 6.41. The summed E-state index contributed by atoms with van der Waals surface area (Å²) in [6.45, 7) is 2.17. The Hall–Kier alpha value is -19.9. The Morgan fingerprint density at radius 1 is 0.200 bits per heavy atom. The van der Waals surface area contributed by atoms with Crippen molar-refractivity contribution in [3.8, 4) is 129 Å². The zero-order valence-electron chi connectivity index (χ0n) is 82.1. The second-order valence-electron chi connectivity index (χ2n) is 38.2. The predicted molar refractivity (Wildman–Crippen MR) is 626 cm³/mol. The Labute approximate surface area is 867 Å². The molecular formula is C141H95N7O2. The lowest BCUT2D eigenvalue weighted by Crippen LogP contribution is -2.09. The Balaban J connectivity index is 0.000000112. The monoisotopic (exact) mass is 1920 g/mol. The molecule has 6 heterocycles. The molecule has 0 atom stereocenters. The van der Waals surface area contributed by atoms with Gasteiger partial charge in [0.1, 0.15) is 28.2 Å². The molecule has 29 rings (SSSR count). The summed E-state index contributed by atoms with van der Waals surface area (Å²) in [5.41, 5.74) is 38.3. The number of rotatable bonds is 17. The molecule has 23 aromatic carbocycles. The Morgan fingerprint density at radius 3 is 0.900 bits per heavy atom. The third-order valence-corrected chi connectivity index (χ3v) is 29.4. The molecule has 9 heteroatoms. The number of furan rings is 2. The minimum atomic E-state index is 0.697. The van der Waals surface area contributed by atoms with Crippen molar-refractivity contribution in [3.05, 3.63) is 552 Å². The van der Waals surface area contributed by atoms with Crippen LogP contribution in [0.25, 0.3) is 249 Å². The Morgan fingerprint density at radius 2 is 0.500 bits per heavy atom. The van der Waals surface area contributed by atoms with Crippen LogP contribution >= 0.6 is 0 Å². The van der Waals surface area contributed by atoms with Gasteiger partial charge in [-0.25, -0.2) is 15.0 Å². The summed E-state index contributed by atoms with van der Waals surface area (Å²) in [4.78, 5) is 17.6. The molecular weight excluding hydrogens is 1820 g/mol. The highest BCUT2D eigenvalue weighted by Gasteiger charge is 2.25. The molecule has 29 aromatic rings. The lowest BCUT2D eigenvalue weighted by atomic mass is 9.85. The van der Waals surface area contributed by atoms with Gasteiger partial charge in [0.25, 0.3) is 0 Å². The highest BCUT2D eigenvalue weighted by Crippen LogP contribution is 2.49. The summed E-state index contributed by atoms with van der Waals surface area (Å²) in [6.07, 6.45) is 0.875. The van der Waals surface area contributed by atoms with E-state index in [1.807, 2.05) is 48.5 Å². The average Bonchev–Trinajstić information content (AvgIpc) is 1.69. The number of anilines is 3. The normalized spacial score (nSPS) is 11.5. The van der Waals surface area contributed by atoms with Gasteiger partial charge in [-0.05, 0) is 210 Å². The minimum Gasteiger partial charge on any atom is -0.455 e. The maximum atomic E-state index is 6.41. The van der Waals surface area contributed by atoms with E-state index < -0.39 is 0 Å². The van der Waals surface area contributed by atoms with Gasteiger partial charge in [0.15, 0.2) is 5.82 Å². The van der Waals surface area contributed by atoms with E-state index in [9.17, 15) is 0 Å². The van der Waals surface area contributed by atoms with Crippen molar-refractivity contribution in [2.45, 2.75) is 13.3 Å². The lowest BCUT2D eigenvalue weighted by Gasteiger charge is -2.26. The summed E-state index contributed by atoms with van der Waals surface area (Å²) in [6, 6.07) is 194. The number of fused-ring (bicyclic) bond motifs is 15. The topological polar surface area (TPSA) is 83.0 Å². The highest BCUT2D eigenvalue weighted by atomic mass is 16.3. The number of hydrogen-bond donors (Lipinski definition) is 0. The lowest BCUT2D eigenvalue weighted by molar-refractivity contribution is 0.669. The molecule has 0 saturated carbocycles. The van der Waals surface area contributed by atoms with Crippen molar-refractivity contribution in [1.29, 1.82) is 0 Å². The van der Waals surface area contributed by atoms with Crippen LogP contribution in [0.3, 0.4) is 0 Å². The second-order valence-corrected chi connectivity index (χ2v) is 38.2. The number of hydrogen-bond acceptors (Lipinski definition) is 6. The van der Waals surface area contributed by atoms with E-state index in [0.29, 0.717) is 5.82 Å². The van der Waals surface area contributed by atoms with Gasteiger partial charge in [0.2, 0.25) is 0 Å². The van der Waals surface area contributed by atoms with E-state index in [1.165, 1.54) is 98.7 Å². The zero-order chi connectivity index (χ0) is 99.5. The van der Waals surface area contributed by atoms with Crippen LogP contribution in [0.5, 0.6) is 0 Å². The van der Waals surface area contributed by atoms with Gasteiger partial charge < -0.3 is 22.9 Å². The van der Waals surface area contributed by atoms with Crippen LogP contribution in [-0.2, 0) is 6.42 Å². The second kappa shape index (κ2) is 38.3. The first-order valence-electron chi connectivity index (χ1n) is 51.2. The summed E-state index contributed by atoms with van der Waals surface area (Å²) in [5, 5.41) is 14.5. The van der Waals surface area contributed by atoms with Crippen molar-refractivity contribution < 1.29 is 8.83 Å². The molecule has 0 saturated heterocycles. The van der Waals surface area contributed by atoms with E-state index in [4.69, 9.17) is 23.8 Å². The standard InChI is InChI=1S/C54H35NO2.C46H30N4.C41H30N2/c1-2-10-36(11-3-1)37-20-22-38(23-21-37)39-24-30-42(31-25-39)55(43-32-26-40(27-33-43)45-14-8-16-49-47-12-4-6-18-51(47)56-53(45)49)44-34-28-41(29-35-44)46-15-9-17-50-48-13-5-7-19-52(48)57-54(46)50;1-3-15-31(16-4-1)40-30-41(48-46(47-40)32-17-5-2-6-18-32)33-27-34(49-42-23-11-7-19-36(42)37-20-8-12-24-43(37)49)29-35(28-33)50-44-25-13-9-21-38(44)39-22-10-14-26-45(39)50;1-2-39-42-37-18-10-11-19-38(37)43(39)32-26-24-31(25-27-32)41-35-16-8-6-14-33(35)40(34-15-7-9-17-36(34)41)30-22-20-29(21-23-30)28-12-4-3-5-13-28/h1-35H;1-30H;3-27H,2H2,1H3. The van der Waals surface area contributed by atoms with E-state index >= 15 is 0 Å². The summed E-state index contributed by atoms with van der Waals surface area (Å²) in [5.74, 6) is 1.77. The molecule has 0 radical (unpaired) electrons. The molecule has 0 aliphatic carbocycles. The van der Waals surface area contributed by atoms with Gasteiger partial charge in [0.05, 0.1) is 44.5 Å². The van der Waals surface area contributed by atoms with Crippen LogP contribution in [0.2, 0.25) is 0 Å². The van der Waals surface area contributed by atoms with Gasteiger partial charge in [-0.1, -0.05) is 432 Å². The van der Waals surface area contributed by atoms with Crippen LogP contribution < -0.4 is 4.90 Å². The number of benzene rings is 23. The summed E-state index contributed by atoms with van der Waals surface area (Å²) in [7, 11) is 0. The number of para-hydroxylation sites is 10. The minimum absolute atomic E-state index is 0.697. The predicted octanol–water partition coefficient (Wildman–Crippen LogP) is 38.2. The molecule has 0 aliphatic rings. The van der Waals surface area contributed by atoms with Crippen LogP contribution in [0.1, 0.15) is 12.7 Å². The fourth-order valence-electron chi connectivity index (χ4n) is 22.3. The van der Waals surface area contributed by atoms with Crippen molar-refractivity contribution in [2.75, 3.05) is 4.90 Å². The average molecular weight is 1920 g/mol. The van der Waals surface area contributed by atoms with Gasteiger partial charge >= 0.3 is 0 Å². The van der Waals surface area contributed by atoms with E-state index in [2.05, 4.69) is 523 Å². The van der Waals surface area contributed by atoms with Crippen molar-refractivity contribution in [2.24, 2.45) is 0 Å². The largest absolute Gasteiger partial charge is 0.455 e.